The number of ether oxygens (including phenoxy) is 2. The monoisotopic (exact) mass is 344 g/mol. The highest BCUT2D eigenvalue weighted by molar-refractivity contribution is 5.79. The molecule has 1 amide bonds. The average molecular weight is 345 g/mol. The van der Waals surface area contributed by atoms with E-state index in [1.807, 2.05) is 20.8 Å². The molecule has 0 aliphatic heterocycles. The zero-order valence-corrected chi connectivity index (χ0v) is 16.6. The molecule has 1 atom stereocenters. The van der Waals surface area contributed by atoms with E-state index in [2.05, 4.69) is 41.7 Å². The van der Waals surface area contributed by atoms with Crippen LogP contribution in [-0.2, 0) is 9.47 Å². The normalized spacial score (nSPS) is 14.1. The molecule has 0 bridgehead atoms. The van der Waals surface area contributed by atoms with Gasteiger partial charge in [0.15, 0.2) is 5.96 Å². The van der Waals surface area contributed by atoms with Crippen LogP contribution in [0.5, 0.6) is 0 Å². The Labute approximate surface area is 147 Å². The molecule has 3 N–H and O–H groups in total. The number of amides is 1. The number of guanidine groups is 1. The minimum absolute atomic E-state index is 0.0535. The molecule has 1 unspecified atom stereocenters. The molecular weight excluding hydrogens is 308 g/mol. The number of nitrogens with zero attached hydrogens (tertiary/aromatic N) is 1. The van der Waals surface area contributed by atoms with Crippen molar-refractivity contribution in [3.8, 4) is 0 Å². The molecule has 7 nitrogen and oxygen atoms in total. The van der Waals surface area contributed by atoms with Crippen molar-refractivity contribution in [2.75, 3.05) is 33.8 Å². The van der Waals surface area contributed by atoms with Crippen LogP contribution in [0, 0.1) is 5.41 Å². The molecule has 0 aliphatic rings. The van der Waals surface area contributed by atoms with Gasteiger partial charge in [-0.25, -0.2) is 4.79 Å². The van der Waals surface area contributed by atoms with E-state index in [0.717, 1.165) is 12.4 Å². The molecule has 0 aromatic heterocycles. The van der Waals surface area contributed by atoms with E-state index < -0.39 is 11.7 Å². The number of hydrogen-bond donors (Lipinski definition) is 3. The standard InChI is InChI=1S/C17H36N4O3/c1-16(2,3)13(23-8)12-21-14(18-7)19-10-9-11-20-15(22)24-17(4,5)6/h13H,9-12H2,1-8H3,(H,20,22)(H2,18,19,21). The van der Waals surface area contributed by atoms with Gasteiger partial charge in [0.1, 0.15) is 5.60 Å². The van der Waals surface area contributed by atoms with Crippen LogP contribution in [0.2, 0.25) is 0 Å². The first kappa shape index (κ1) is 22.5. The number of methoxy groups -OCH3 is 1. The third kappa shape index (κ3) is 11.1. The second-order valence-electron chi connectivity index (χ2n) is 7.75. The molecule has 0 rings (SSSR count). The summed E-state index contributed by atoms with van der Waals surface area (Å²) in [7, 11) is 3.45. The fraction of sp³-hybridized carbons (Fsp3) is 0.882. The van der Waals surface area contributed by atoms with Gasteiger partial charge in [0.05, 0.1) is 6.10 Å². The Bertz CT molecular complexity index is 398. The number of alkyl carbamates (subject to hydrolysis) is 1. The van der Waals surface area contributed by atoms with Crippen LogP contribution in [0.15, 0.2) is 4.99 Å². The number of carbonyl (C=O) groups excluding carboxylic acids is 1. The lowest BCUT2D eigenvalue weighted by atomic mass is 9.89. The van der Waals surface area contributed by atoms with Crippen molar-refractivity contribution < 1.29 is 14.3 Å². The van der Waals surface area contributed by atoms with E-state index in [1.165, 1.54) is 0 Å². The lowest BCUT2D eigenvalue weighted by Crippen LogP contribution is -2.45. The summed E-state index contributed by atoms with van der Waals surface area (Å²) in [5.74, 6) is 0.721. The van der Waals surface area contributed by atoms with E-state index in [9.17, 15) is 4.79 Å². The van der Waals surface area contributed by atoms with Crippen LogP contribution in [0.1, 0.15) is 48.0 Å². The van der Waals surface area contributed by atoms with Crippen LogP contribution in [0.4, 0.5) is 4.79 Å². The molecule has 0 fully saturated rings. The zero-order valence-electron chi connectivity index (χ0n) is 16.6. The van der Waals surface area contributed by atoms with Crippen molar-refractivity contribution in [2.45, 2.75) is 59.7 Å². The van der Waals surface area contributed by atoms with Crippen LogP contribution in [-0.4, -0.2) is 57.5 Å². The van der Waals surface area contributed by atoms with E-state index in [1.54, 1.807) is 14.2 Å². The molecule has 142 valence electrons. The maximum absolute atomic E-state index is 11.5. The smallest absolute Gasteiger partial charge is 0.407 e. The summed E-state index contributed by atoms with van der Waals surface area (Å²) < 4.78 is 10.7. The van der Waals surface area contributed by atoms with Gasteiger partial charge in [-0.1, -0.05) is 20.8 Å². The van der Waals surface area contributed by atoms with Crippen LogP contribution in [0.3, 0.4) is 0 Å². The van der Waals surface area contributed by atoms with Crippen molar-refractivity contribution >= 4 is 12.1 Å². The highest BCUT2D eigenvalue weighted by atomic mass is 16.6. The maximum Gasteiger partial charge on any atom is 0.407 e. The molecule has 0 saturated heterocycles. The fourth-order valence-corrected chi connectivity index (χ4v) is 1.95. The Morgan fingerprint density at radius 1 is 1.04 bits per heavy atom. The van der Waals surface area contributed by atoms with Crippen molar-refractivity contribution in [3.63, 3.8) is 0 Å². The fourth-order valence-electron chi connectivity index (χ4n) is 1.95. The van der Waals surface area contributed by atoms with E-state index in [0.29, 0.717) is 19.6 Å². The molecule has 0 heterocycles. The second-order valence-corrected chi connectivity index (χ2v) is 7.75. The summed E-state index contributed by atoms with van der Waals surface area (Å²) in [4.78, 5) is 15.7. The molecule has 0 aliphatic carbocycles. The molecule has 0 spiro atoms. The highest BCUT2D eigenvalue weighted by Crippen LogP contribution is 2.20. The van der Waals surface area contributed by atoms with Gasteiger partial charge in [-0.05, 0) is 32.6 Å². The van der Waals surface area contributed by atoms with E-state index in [4.69, 9.17) is 9.47 Å². The average Bonchev–Trinajstić information content (AvgIpc) is 2.41. The molecule has 0 aromatic rings. The lowest BCUT2D eigenvalue weighted by molar-refractivity contribution is 0.0205. The van der Waals surface area contributed by atoms with Crippen LogP contribution < -0.4 is 16.0 Å². The molecule has 0 radical (unpaired) electrons. The van der Waals surface area contributed by atoms with Crippen molar-refractivity contribution in [1.82, 2.24) is 16.0 Å². The van der Waals surface area contributed by atoms with Gasteiger partial charge in [0.25, 0.3) is 0 Å². The van der Waals surface area contributed by atoms with Gasteiger partial charge in [-0.2, -0.15) is 0 Å². The summed E-state index contributed by atoms with van der Waals surface area (Å²) in [5, 5.41) is 9.20. The first-order chi connectivity index (χ1) is 11.0. The van der Waals surface area contributed by atoms with Crippen molar-refractivity contribution in [2.24, 2.45) is 10.4 Å². The summed E-state index contributed by atoms with van der Waals surface area (Å²) in [5.41, 5.74) is -0.419. The van der Waals surface area contributed by atoms with Gasteiger partial charge in [-0.3, -0.25) is 4.99 Å². The van der Waals surface area contributed by atoms with Gasteiger partial charge in [0, 0.05) is 33.8 Å². The number of carbonyl (C=O) groups is 1. The Morgan fingerprint density at radius 3 is 2.08 bits per heavy atom. The van der Waals surface area contributed by atoms with Crippen LogP contribution >= 0.6 is 0 Å². The predicted octanol–water partition coefficient (Wildman–Crippen LogP) is 2.13. The van der Waals surface area contributed by atoms with Gasteiger partial charge in [-0.15, -0.1) is 0 Å². The van der Waals surface area contributed by atoms with Gasteiger partial charge < -0.3 is 25.4 Å². The van der Waals surface area contributed by atoms with Crippen LogP contribution in [0.25, 0.3) is 0 Å². The minimum Gasteiger partial charge on any atom is -0.444 e. The number of nitrogens with one attached hydrogen (secondary N) is 3. The van der Waals surface area contributed by atoms with Gasteiger partial charge >= 0.3 is 6.09 Å². The number of rotatable bonds is 7. The minimum atomic E-state index is -0.473. The number of hydrogen-bond acceptors (Lipinski definition) is 4. The Morgan fingerprint density at radius 2 is 1.62 bits per heavy atom. The Hall–Kier alpha value is -1.50. The quantitative estimate of drug-likeness (QED) is 0.374. The predicted molar refractivity (Wildman–Crippen MR) is 98.5 cm³/mol. The molecular formula is C17H36N4O3. The first-order valence-electron chi connectivity index (χ1n) is 8.43. The summed E-state index contributed by atoms with van der Waals surface area (Å²) >= 11 is 0. The summed E-state index contributed by atoms with van der Waals surface area (Å²) in [6.07, 6.45) is 0.468. The summed E-state index contributed by atoms with van der Waals surface area (Å²) in [6, 6.07) is 0. The SMILES string of the molecule is CN=C(NCCCNC(=O)OC(C)(C)C)NCC(OC)C(C)(C)C. The molecule has 24 heavy (non-hydrogen) atoms. The highest BCUT2D eigenvalue weighted by Gasteiger charge is 2.24. The van der Waals surface area contributed by atoms with Gasteiger partial charge in [0.2, 0.25) is 0 Å². The van der Waals surface area contributed by atoms with E-state index in [-0.39, 0.29) is 11.5 Å². The van der Waals surface area contributed by atoms with Crippen molar-refractivity contribution in [3.05, 3.63) is 0 Å². The Kier molecular flexibility index (Phi) is 9.73. The van der Waals surface area contributed by atoms with E-state index >= 15 is 0 Å². The number of aliphatic imine (C=N–C) groups is 1. The first-order valence-corrected chi connectivity index (χ1v) is 8.43. The van der Waals surface area contributed by atoms with Crippen molar-refractivity contribution in [1.29, 1.82) is 0 Å². The molecule has 0 saturated carbocycles. The molecule has 7 heteroatoms. The molecule has 0 aromatic carbocycles. The largest absolute Gasteiger partial charge is 0.444 e. The third-order valence-electron chi connectivity index (χ3n) is 3.24. The third-order valence-corrected chi connectivity index (χ3v) is 3.24. The second kappa shape index (κ2) is 10.4. The Balaban J connectivity index is 3.98. The zero-order chi connectivity index (χ0) is 18.8. The summed E-state index contributed by atoms with van der Waals surface area (Å²) in [6.45, 7) is 13.9. The maximum atomic E-state index is 11.5. The topological polar surface area (TPSA) is 84.0 Å². The lowest BCUT2D eigenvalue weighted by Gasteiger charge is -2.30.